The molecule has 3 aromatic rings. The SMILES string of the molecule is Nc1ncnc2c1ncn2[C@@H]1O[C@@H]2COP(O)(=S)OC[C@@H]3[C@@H](CO[P+](=O)O[C@H]2[C@H]1F)C[C@H]3n1cnc2c1N=C1NN=NC1C2=O. The number of fused-ring (bicyclic) bond motifs is 5. The number of hydrogen-bond acceptors (Lipinski definition) is 17. The maximum atomic E-state index is 15.9. The average Bonchev–Trinajstić information content (AvgIpc) is 3.79. The fourth-order valence-corrected chi connectivity index (χ4v) is 8.04. The monoisotopic (exact) mass is 682 g/mol. The van der Waals surface area contributed by atoms with Gasteiger partial charge in [0.15, 0.2) is 53.4 Å². The van der Waals surface area contributed by atoms with Gasteiger partial charge in [-0.2, -0.15) is 5.11 Å². The van der Waals surface area contributed by atoms with Crippen LogP contribution >= 0.6 is 15.0 Å². The Morgan fingerprint density at radius 2 is 1.98 bits per heavy atom. The molecule has 3 fully saturated rings. The van der Waals surface area contributed by atoms with Gasteiger partial charge in [-0.1, -0.05) is 5.22 Å². The molecule has 1 saturated carbocycles. The van der Waals surface area contributed by atoms with E-state index in [0.29, 0.717) is 18.1 Å². The van der Waals surface area contributed by atoms with Gasteiger partial charge >= 0.3 is 15.0 Å². The summed E-state index contributed by atoms with van der Waals surface area (Å²) >= 11 is 5.26. The van der Waals surface area contributed by atoms with E-state index < -0.39 is 52.2 Å². The van der Waals surface area contributed by atoms with Gasteiger partial charge in [-0.05, 0) is 24.1 Å². The van der Waals surface area contributed by atoms with Crippen molar-refractivity contribution in [3.05, 3.63) is 24.7 Å². The lowest BCUT2D eigenvalue weighted by Gasteiger charge is -2.44. The fourth-order valence-electron chi connectivity index (χ4n) is 6.08. The topological polar surface area (TPSA) is 237 Å². The van der Waals surface area contributed by atoms with E-state index in [4.69, 9.17) is 40.4 Å². The first-order valence-electron chi connectivity index (χ1n) is 13.7. The van der Waals surface area contributed by atoms with E-state index in [1.54, 1.807) is 4.57 Å². The van der Waals surface area contributed by atoms with Gasteiger partial charge in [0.05, 0.1) is 25.9 Å². The van der Waals surface area contributed by atoms with Gasteiger partial charge in [-0.3, -0.25) is 9.36 Å². The van der Waals surface area contributed by atoms with Crippen molar-refractivity contribution >= 4 is 61.2 Å². The predicted molar refractivity (Wildman–Crippen MR) is 151 cm³/mol. The number of carbonyl (C=O) groups is 1. The largest absolute Gasteiger partial charge is 0.697 e. The lowest BCUT2D eigenvalue weighted by molar-refractivity contribution is -0.0422. The molecule has 0 amide bonds. The zero-order chi connectivity index (χ0) is 31.0. The minimum atomic E-state index is -3.88. The van der Waals surface area contributed by atoms with E-state index in [0.717, 1.165) is 0 Å². The highest BCUT2D eigenvalue weighted by Crippen LogP contribution is 2.53. The van der Waals surface area contributed by atoms with Crippen molar-refractivity contribution in [3.8, 4) is 0 Å². The van der Waals surface area contributed by atoms with Crippen LogP contribution in [0, 0.1) is 11.8 Å². The second kappa shape index (κ2) is 10.9. The molecular formula is C22H23FN11O8P2S+. The molecule has 3 aromatic heterocycles. The molecule has 10 atom stereocenters. The fraction of sp³-hybridized carbons (Fsp3) is 0.545. The Bertz CT molecular complexity index is 1840. The van der Waals surface area contributed by atoms with Crippen molar-refractivity contribution in [2.24, 2.45) is 27.2 Å². The summed E-state index contributed by atoms with van der Waals surface area (Å²) in [5.74, 6) is -0.189. The van der Waals surface area contributed by atoms with Crippen LogP contribution in [0.5, 0.6) is 0 Å². The van der Waals surface area contributed by atoms with Gasteiger partial charge in [-0.15, -0.1) is 9.05 Å². The van der Waals surface area contributed by atoms with E-state index in [2.05, 4.69) is 40.7 Å². The molecule has 5 aliphatic rings. The lowest BCUT2D eigenvalue weighted by atomic mass is 9.70. The van der Waals surface area contributed by atoms with Crippen LogP contribution in [-0.4, -0.2) is 89.8 Å². The van der Waals surface area contributed by atoms with E-state index in [1.165, 1.54) is 23.5 Å². The number of anilines is 1. The highest BCUT2D eigenvalue weighted by Gasteiger charge is 2.54. The number of nitrogens with one attached hydrogen (secondary N) is 1. The number of hydrogen-bond donors (Lipinski definition) is 3. The third-order valence-electron chi connectivity index (χ3n) is 8.44. The van der Waals surface area contributed by atoms with Gasteiger partial charge in [0.2, 0.25) is 5.78 Å². The molecule has 8 rings (SSSR count). The van der Waals surface area contributed by atoms with Crippen molar-refractivity contribution in [3.63, 3.8) is 0 Å². The highest BCUT2D eigenvalue weighted by molar-refractivity contribution is 8.07. The Kier molecular flexibility index (Phi) is 7.08. The van der Waals surface area contributed by atoms with Crippen LogP contribution in [0.2, 0.25) is 0 Å². The number of alkyl halides is 1. The minimum absolute atomic E-state index is 0.0401. The van der Waals surface area contributed by atoms with Crippen molar-refractivity contribution in [1.29, 1.82) is 0 Å². The molecule has 23 heteroatoms. The number of rotatable bonds is 2. The van der Waals surface area contributed by atoms with Crippen LogP contribution in [-0.2, 0) is 39.2 Å². The van der Waals surface area contributed by atoms with Gasteiger partial charge in [0.1, 0.15) is 24.6 Å². The van der Waals surface area contributed by atoms with Crippen LogP contribution in [0.1, 0.15) is 29.2 Å². The smallest absolute Gasteiger partial charge is 0.382 e. The number of nitrogens with zero attached hydrogens (tertiary/aromatic N) is 9. The van der Waals surface area contributed by atoms with Gasteiger partial charge in [0.25, 0.3) is 0 Å². The van der Waals surface area contributed by atoms with E-state index >= 15 is 4.39 Å². The summed E-state index contributed by atoms with van der Waals surface area (Å²) in [6.07, 6.45) is -1.32. The second-order valence-corrected chi connectivity index (χ2v) is 14.6. The summed E-state index contributed by atoms with van der Waals surface area (Å²) in [6, 6.07) is -1.14. The second-order valence-electron chi connectivity index (χ2n) is 10.9. The number of ether oxygens (including phenoxy) is 1. The Hall–Kier alpha value is -3.26. The third-order valence-corrected chi connectivity index (χ3v) is 10.8. The third kappa shape index (κ3) is 4.90. The molecule has 2 saturated heterocycles. The predicted octanol–water partition coefficient (Wildman–Crippen LogP) is 1.61. The normalized spacial score (nSPS) is 37.2. The summed E-state index contributed by atoms with van der Waals surface area (Å²) in [7, 11) is -2.81. The number of amidine groups is 1. The number of aliphatic imine (C=N–C) groups is 1. The van der Waals surface area contributed by atoms with Gasteiger partial charge in [-0.25, -0.2) is 34.7 Å². The molecule has 1 aliphatic carbocycles. The first-order chi connectivity index (χ1) is 21.7. The number of Topliss-reactive ketones (excluding diaryl/α,β-unsaturated/α-hetero) is 1. The molecule has 0 aromatic carbocycles. The maximum absolute atomic E-state index is 15.9. The molecule has 4 N–H and O–H groups in total. The molecule has 7 heterocycles. The Morgan fingerprint density at radius 1 is 1.16 bits per heavy atom. The lowest BCUT2D eigenvalue weighted by Crippen LogP contribution is -2.43. The molecule has 0 radical (unpaired) electrons. The molecule has 3 unspecified atom stereocenters. The molecule has 4 aliphatic heterocycles. The van der Waals surface area contributed by atoms with E-state index in [1.807, 2.05) is 0 Å². The maximum Gasteiger partial charge on any atom is 0.697 e. The Labute approximate surface area is 257 Å². The quantitative estimate of drug-likeness (QED) is 0.326. The number of nitrogen functional groups attached to an aromatic ring is 1. The number of aromatic nitrogens is 6. The highest BCUT2D eigenvalue weighted by atomic mass is 32.5. The molecular weight excluding hydrogens is 659 g/mol. The van der Waals surface area contributed by atoms with Gasteiger partial charge < -0.3 is 29.0 Å². The number of nitrogens with two attached hydrogens (primary N) is 1. The standard InChI is InChI=1S/C22H22FN11O8P2S/c23-12-17-11(41-22(12)34-7-28-15-18(24)25-5-26-20(15)34)4-40-44(37,45)39-3-9-8(2-38-43(36)42-17)1-10(9)33-6-27-14-16(35)13-19(29-21(14)33)31-32-30-13/h5-13,17,22H,1-4H2,(H3-,24,25,26,29,30,31,35,37,45)/p+1/t8-,9-,10-,11-,12-,13?,17-,22-,44?/m1/s1. The Balaban J connectivity index is 1.02. The molecule has 0 spiro atoms. The van der Waals surface area contributed by atoms with Crippen LogP contribution in [0.3, 0.4) is 0 Å². The molecule has 45 heavy (non-hydrogen) atoms. The zero-order valence-electron chi connectivity index (χ0n) is 22.8. The van der Waals surface area contributed by atoms with Crippen molar-refractivity contribution in [2.45, 2.75) is 43.1 Å². The summed E-state index contributed by atoms with van der Waals surface area (Å²) in [5.41, 5.74) is 9.11. The summed E-state index contributed by atoms with van der Waals surface area (Å²) < 4.78 is 60.2. The minimum Gasteiger partial charge on any atom is -0.382 e. The van der Waals surface area contributed by atoms with E-state index in [9.17, 15) is 14.3 Å². The average molecular weight is 683 g/mol. The molecule has 0 bridgehead atoms. The van der Waals surface area contributed by atoms with Crippen LogP contribution in [0.15, 0.2) is 34.3 Å². The van der Waals surface area contributed by atoms with Crippen LogP contribution in [0.25, 0.3) is 11.2 Å². The first-order valence-corrected chi connectivity index (χ1v) is 17.3. The first kappa shape index (κ1) is 29.2. The van der Waals surface area contributed by atoms with Crippen LogP contribution in [0.4, 0.5) is 16.0 Å². The Morgan fingerprint density at radius 3 is 2.84 bits per heavy atom. The molecule has 236 valence electrons. The van der Waals surface area contributed by atoms with Gasteiger partial charge in [0, 0.05) is 16.5 Å². The van der Waals surface area contributed by atoms with E-state index in [-0.39, 0.29) is 59.6 Å². The number of ketones is 1. The number of imidazole rings is 2. The summed E-state index contributed by atoms with van der Waals surface area (Å²) in [6.45, 7) is -4.44. The van der Waals surface area contributed by atoms with Crippen molar-refractivity contribution in [2.75, 3.05) is 25.6 Å². The number of halogens is 1. The molecule has 19 nitrogen and oxygen atoms in total. The van der Waals surface area contributed by atoms with Crippen LogP contribution < -0.4 is 11.2 Å². The van der Waals surface area contributed by atoms with Crippen molar-refractivity contribution < 1.29 is 41.5 Å². The number of carbonyl (C=O) groups excluding carboxylic acids is 1. The summed E-state index contributed by atoms with van der Waals surface area (Å²) in [5, 5.41) is 7.53. The van der Waals surface area contributed by atoms with Crippen molar-refractivity contribution in [1.82, 2.24) is 34.5 Å². The summed E-state index contributed by atoms with van der Waals surface area (Å²) in [4.78, 5) is 44.7. The zero-order valence-corrected chi connectivity index (χ0v) is 25.4.